The fourth-order valence-electron chi connectivity index (χ4n) is 3.30. The molecule has 160 valence electrons. The number of carbonyl (C=O) groups is 3. The normalized spacial score (nSPS) is 11.6. The van der Waals surface area contributed by atoms with E-state index in [1.807, 2.05) is 48.5 Å². The quantitative estimate of drug-likeness (QED) is 0.336. The zero-order valence-electron chi connectivity index (χ0n) is 17.2. The molecule has 1 atom stereocenters. The molecule has 0 spiro atoms. The third kappa shape index (κ3) is 5.10. The van der Waals surface area contributed by atoms with Crippen LogP contribution in [0.25, 0.3) is 11.0 Å². The van der Waals surface area contributed by atoms with Gasteiger partial charge in [-0.2, -0.15) is 0 Å². The van der Waals surface area contributed by atoms with Gasteiger partial charge in [0.2, 0.25) is 5.78 Å². The zero-order valence-corrected chi connectivity index (χ0v) is 17.2. The predicted molar refractivity (Wildman–Crippen MR) is 119 cm³/mol. The van der Waals surface area contributed by atoms with Crippen molar-refractivity contribution in [2.24, 2.45) is 0 Å². The van der Waals surface area contributed by atoms with Gasteiger partial charge in [0.15, 0.2) is 12.4 Å². The first-order chi connectivity index (χ1) is 15.6. The highest BCUT2D eigenvalue weighted by atomic mass is 16.5. The van der Waals surface area contributed by atoms with Gasteiger partial charge >= 0.3 is 5.97 Å². The van der Waals surface area contributed by atoms with Crippen LogP contribution >= 0.6 is 0 Å². The second-order valence-electron chi connectivity index (χ2n) is 7.26. The number of amides is 1. The van der Waals surface area contributed by atoms with Crippen molar-refractivity contribution in [1.29, 1.82) is 0 Å². The number of ether oxygens (including phenoxy) is 1. The van der Waals surface area contributed by atoms with Crippen molar-refractivity contribution in [2.45, 2.75) is 12.5 Å². The number of fused-ring (bicyclic) bond motifs is 1. The number of rotatable bonds is 8. The Labute approximate surface area is 184 Å². The van der Waals surface area contributed by atoms with E-state index < -0.39 is 30.3 Å². The minimum absolute atomic E-state index is 0.118. The monoisotopic (exact) mass is 427 g/mol. The molecule has 1 heterocycles. The van der Waals surface area contributed by atoms with Crippen LogP contribution in [-0.4, -0.2) is 30.3 Å². The minimum Gasteiger partial charge on any atom is -0.456 e. The molecule has 0 radical (unpaired) electrons. The lowest BCUT2D eigenvalue weighted by atomic mass is 10.1. The van der Waals surface area contributed by atoms with Crippen molar-refractivity contribution >= 4 is 28.6 Å². The molecular formula is C26H21NO5. The van der Waals surface area contributed by atoms with Crippen molar-refractivity contribution in [3.63, 3.8) is 0 Å². The summed E-state index contributed by atoms with van der Waals surface area (Å²) in [5, 5.41) is 3.51. The molecular weight excluding hydrogens is 406 g/mol. The molecule has 0 aliphatic carbocycles. The van der Waals surface area contributed by atoms with Crippen molar-refractivity contribution in [1.82, 2.24) is 5.32 Å². The summed E-state index contributed by atoms with van der Waals surface area (Å²) in [7, 11) is 0. The first kappa shape index (κ1) is 21.1. The van der Waals surface area contributed by atoms with Gasteiger partial charge in [0.1, 0.15) is 11.6 Å². The summed E-state index contributed by atoms with van der Waals surface area (Å²) in [4.78, 5) is 37.9. The molecule has 3 aromatic carbocycles. The highest BCUT2D eigenvalue weighted by Crippen LogP contribution is 2.19. The van der Waals surface area contributed by atoms with Crippen LogP contribution in [-0.2, 0) is 16.0 Å². The maximum atomic E-state index is 12.8. The molecule has 0 unspecified atom stereocenters. The second kappa shape index (κ2) is 9.75. The van der Waals surface area contributed by atoms with Crippen LogP contribution in [0.1, 0.15) is 26.5 Å². The van der Waals surface area contributed by atoms with E-state index in [9.17, 15) is 14.4 Å². The van der Waals surface area contributed by atoms with E-state index in [0.717, 1.165) is 10.9 Å². The SMILES string of the molecule is O=C(N[C@H](Cc1ccccc1)C(=O)OCC(=O)c1cc2ccccc2o1)c1ccccc1. The fraction of sp³-hybridized carbons (Fsp3) is 0.115. The average molecular weight is 427 g/mol. The van der Waals surface area contributed by atoms with Crippen LogP contribution in [0.5, 0.6) is 0 Å². The van der Waals surface area contributed by atoms with Gasteiger partial charge in [0.05, 0.1) is 0 Å². The summed E-state index contributed by atoms with van der Waals surface area (Å²) in [5.41, 5.74) is 1.86. The summed E-state index contributed by atoms with van der Waals surface area (Å²) in [6, 6.07) is 25.8. The number of hydrogen-bond acceptors (Lipinski definition) is 5. The average Bonchev–Trinajstić information content (AvgIpc) is 3.27. The number of carbonyl (C=O) groups excluding carboxylic acids is 3. The van der Waals surface area contributed by atoms with Gasteiger partial charge in [0, 0.05) is 17.4 Å². The first-order valence-electron chi connectivity index (χ1n) is 10.2. The van der Waals surface area contributed by atoms with E-state index >= 15 is 0 Å². The number of esters is 1. The van der Waals surface area contributed by atoms with Gasteiger partial charge in [-0.3, -0.25) is 9.59 Å². The first-order valence-corrected chi connectivity index (χ1v) is 10.2. The van der Waals surface area contributed by atoms with E-state index in [0.29, 0.717) is 11.1 Å². The highest BCUT2D eigenvalue weighted by Gasteiger charge is 2.25. The molecule has 32 heavy (non-hydrogen) atoms. The topological polar surface area (TPSA) is 85.6 Å². The summed E-state index contributed by atoms with van der Waals surface area (Å²) >= 11 is 0. The Balaban J connectivity index is 1.45. The molecule has 0 aliphatic heterocycles. The zero-order chi connectivity index (χ0) is 22.3. The van der Waals surface area contributed by atoms with E-state index in [2.05, 4.69) is 5.32 Å². The molecule has 1 amide bonds. The van der Waals surface area contributed by atoms with Gasteiger partial charge in [-0.25, -0.2) is 4.79 Å². The fourth-order valence-corrected chi connectivity index (χ4v) is 3.30. The van der Waals surface area contributed by atoms with Crippen LogP contribution in [0, 0.1) is 0 Å². The summed E-state index contributed by atoms with van der Waals surface area (Å²) in [5.74, 6) is -1.43. The summed E-state index contributed by atoms with van der Waals surface area (Å²) in [6.07, 6.45) is 0.233. The maximum Gasteiger partial charge on any atom is 0.329 e. The van der Waals surface area contributed by atoms with Crippen molar-refractivity contribution in [3.8, 4) is 0 Å². The van der Waals surface area contributed by atoms with Crippen molar-refractivity contribution < 1.29 is 23.5 Å². The van der Waals surface area contributed by atoms with Crippen LogP contribution in [0.2, 0.25) is 0 Å². The molecule has 4 aromatic rings. The molecule has 4 rings (SSSR count). The van der Waals surface area contributed by atoms with Gasteiger partial charge in [0.25, 0.3) is 5.91 Å². The van der Waals surface area contributed by atoms with E-state index in [1.165, 1.54) is 0 Å². The Morgan fingerprint density at radius 3 is 2.22 bits per heavy atom. The van der Waals surface area contributed by atoms with Crippen LogP contribution in [0.15, 0.2) is 95.4 Å². The molecule has 6 nitrogen and oxygen atoms in total. The molecule has 0 fully saturated rings. The number of benzene rings is 3. The Bertz CT molecular complexity index is 1200. The second-order valence-corrected chi connectivity index (χ2v) is 7.26. The largest absolute Gasteiger partial charge is 0.456 e. The third-order valence-electron chi connectivity index (χ3n) is 4.95. The molecule has 0 bridgehead atoms. The number of Topliss-reactive ketones (excluding diaryl/α,β-unsaturated/α-hetero) is 1. The lowest BCUT2D eigenvalue weighted by Crippen LogP contribution is -2.43. The van der Waals surface area contributed by atoms with Crippen LogP contribution < -0.4 is 5.32 Å². The molecule has 0 saturated heterocycles. The van der Waals surface area contributed by atoms with Gasteiger partial charge < -0.3 is 14.5 Å². The van der Waals surface area contributed by atoms with E-state index in [-0.39, 0.29) is 12.2 Å². The summed E-state index contributed by atoms with van der Waals surface area (Å²) < 4.78 is 10.8. The van der Waals surface area contributed by atoms with Crippen LogP contribution in [0.3, 0.4) is 0 Å². The highest BCUT2D eigenvalue weighted by molar-refractivity contribution is 6.00. The Morgan fingerprint density at radius 1 is 0.844 bits per heavy atom. The van der Waals surface area contributed by atoms with E-state index in [1.54, 1.807) is 42.5 Å². The van der Waals surface area contributed by atoms with Crippen molar-refractivity contribution in [3.05, 3.63) is 108 Å². The van der Waals surface area contributed by atoms with Gasteiger partial charge in [-0.1, -0.05) is 66.7 Å². The molecule has 1 aromatic heterocycles. The number of nitrogens with one attached hydrogen (secondary N) is 1. The smallest absolute Gasteiger partial charge is 0.329 e. The molecule has 0 saturated carbocycles. The van der Waals surface area contributed by atoms with Gasteiger partial charge in [-0.05, 0) is 29.8 Å². The number of para-hydroxylation sites is 1. The number of ketones is 1. The Morgan fingerprint density at radius 2 is 1.50 bits per heavy atom. The summed E-state index contributed by atoms with van der Waals surface area (Å²) in [6.45, 7) is -0.481. The predicted octanol–water partition coefficient (Wildman–Crippen LogP) is 4.20. The van der Waals surface area contributed by atoms with Gasteiger partial charge in [-0.15, -0.1) is 0 Å². The lowest BCUT2D eigenvalue weighted by Gasteiger charge is -2.17. The third-order valence-corrected chi connectivity index (χ3v) is 4.95. The number of furan rings is 1. The standard InChI is InChI=1S/C26H21NO5/c28-22(24-16-20-13-7-8-14-23(20)32-24)17-31-26(30)21(15-18-9-3-1-4-10-18)27-25(29)19-11-5-2-6-12-19/h1-14,16,21H,15,17H2,(H,27,29)/t21-/m1/s1. The molecule has 0 aliphatic rings. The Hall–Kier alpha value is -4.19. The van der Waals surface area contributed by atoms with E-state index in [4.69, 9.17) is 9.15 Å². The lowest BCUT2D eigenvalue weighted by molar-refractivity contribution is -0.144. The van der Waals surface area contributed by atoms with Crippen molar-refractivity contribution in [2.75, 3.05) is 6.61 Å². The number of hydrogen-bond donors (Lipinski definition) is 1. The minimum atomic E-state index is -0.950. The maximum absolute atomic E-state index is 12.8. The molecule has 1 N–H and O–H groups in total. The Kier molecular flexibility index (Phi) is 6.41. The van der Waals surface area contributed by atoms with Crippen LogP contribution in [0.4, 0.5) is 0 Å². The molecule has 6 heteroatoms.